The fraction of sp³-hybridized carbons (Fsp3) is 0.474. The van der Waals surface area contributed by atoms with Gasteiger partial charge in [0.15, 0.2) is 0 Å². The molecule has 0 heterocycles. The minimum atomic E-state index is -1.48. The van der Waals surface area contributed by atoms with Crippen molar-refractivity contribution in [2.24, 2.45) is 5.73 Å². The van der Waals surface area contributed by atoms with Crippen LogP contribution in [0.5, 0.6) is 5.75 Å². The molecule has 0 aliphatic heterocycles. The van der Waals surface area contributed by atoms with Crippen LogP contribution in [0.25, 0.3) is 0 Å². The number of amides is 3. The van der Waals surface area contributed by atoms with Gasteiger partial charge in [-0.3, -0.25) is 14.4 Å². The molecule has 11 nitrogen and oxygen atoms in total. The van der Waals surface area contributed by atoms with Crippen LogP contribution >= 0.6 is 12.6 Å². The first kappa shape index (κ1) is 26.2. The number of benzene rings is 1. The molecule has 1 aromatic carbocycles. The number of aliphatic hydroxyl groups excluding tert-OH is 1. The Bertz CT molecular complexity index is 786. The van der Waals surface area contributed by atoms with E-state index in [1.165, 1.54) is 38.1 Å². The molecular formula is C19H28N4O7S. The quantitative estimate of drug-likeness (QED) is 0.178. The maximum absolute atomic E-state index is 12.6. The van der Waals surface area contributed by atoms with E-state index < -0.39 is 54.0 Å². The predicted octanol–water partition coefficient (Wildman–Crippen LogP) is -1.87. The highest BCUT2D eigenvalue weighted by molar-refractivity contribution is 7.80. The zero-order valence-electron chi connectivity index (χ0n) is 17.1. The van der Waals surface area contributed by atoms with Crippen molar-refractivity contribution < 1.29 is 34.5 Å². The molecule has 0 saturated heterocycles. The second kappa shape index (κ2) is 12.1. The van der Waals surface area contributed by atoms with Gasteiger partial charge in [-0.15, -0.1) is 0 Å². The number of aliphatic hydroxyl groups is 1. The molecule has 5 unspecified atom stereocenters. The van der Waals surface area contributed by atoms with E-state index >= 15 is 0 Å². The van der Waals surface area contributed by atoms with Crippen molar-refractivity contribution in [3.8, 4) is 5.75 Å². The number of carboxylic acids is 1. The molecule has 3 amide bonds. The van der Waals surface area contributed by atoms with Crippen LogP contribution in [-0.4, -0.2) is 75.0 Å². The molecule has 1 rings (SSSR count). The number of carbonyl (C=O) groups is 4. The van der Waals surface area contributed by atoms with Crippen molar-refractivity contribution in [3.63, 3.8) is 0 Å². The van der Waals surface area contributed by atoms with Gasteiger partial charge < -0.3 is 37.0 Å². The van der Waals surface area contributed by atoms with Crippen molar-refractivity contribution >= 4 is 36.3 Å². The smallest absolute Gasteiger partial charge is 0.326 e. The Morgan fingerprint density at radius 1 is 0.968 bits per heavy atom. The summed E-state index contributed by atoms with van der Waals surface area (Å²) in [4.78, 5) is 48.4. The highest BCUT2D eigenvalue weighted by Crippen LogP contribution is 2.11. The minimum absolute atomic E-state index is 0.00593. The third-order valence-electron chi connectivity index (χ3n) is 4.28. The van der Waals surface area contributed by atoms with E-state index in [2.05, 4.69) is 28.6 Å². The SMILES string of the molecule is CC(N)C(=O)NC(CS)C(=O)NC(C(=O)NC(Cc1ccc(O)cc1)C(=O)O)C(C)O. The summed E-state index contributed by atoms with van der Waals surface area (Å²) in [5.74, 6) is -3.74. The Hall–Kier alpha value is -2.83. The predicted molar refractivity (Wildman–Crippen MR) is 114 cm³/mol. The van der Waals surface area contributed by atoms with E-state index in [-0.39, 0.29) is 17.9 Å². The van der Waals surface area contributed by atoms with Crippen LogP contribution in [0, 0.1) is 0 Å². The number of nitrogens with one attached hydrogen (secondary N) is 3. The maximum Gasteiger partial charge on any atom is 0.326 e. The average Bonchev–Trinajstić information content (AvgIpc) is 2.70. The molecule has 12 heteroatoms. The van der Waals surface area contributed by atoms with Gasteiger partial charge in [-0.2, -0.15) is 12.6 Å². The molecule has 1 aromatic rings. The van der Waals surface area contributed by atoms with Crippen LogP contribution in [-0.2, 0) is 25.6 Å². The van der Waals surface area contributed by atoms with Gasteiger partial charge in [0.05, 0.1) is 12.1 Å². The number of aromatic hydroxyl groups is 1. The van der Waals surface area contributed by atoms with Gasteiger partial charge in [-0.05, 0) is 31.5 Å². The zero-order valence-corrected chi connectivity index (χ0v) is 18.0. The van der Waals surface area contributed by atoms with Gasteiger partial charge in [-0.1, -0.05) is 12.1 Å². The molecule has 0 aliphatic rings. The first-order valence-corrected chi connectivity index (χ1v) is 10.1. The molecule has 8 N–H and O–H groups in total. The molecule has 31 heavy (non-hydrogen) atoms. The number of aliphatic carboxylic acids is 1. The van der Waals surface area contributed by atoms with E-state index in [0.29, 0.717) is 5.56 Å². The van der Waals surface area contributed by atoms with Crippen molar-refractivity contribution in [2.75, 3.05) is 5.75 Å². The van der Waals surface area contributed by atoms with Crippen molar-refractivity contribution in [3.05, 3.63) is 29.8 Å². The molecule has 0 bridgehead atoms. The van der Waals surface area contributed by atoms with Gasteiger partial charge in [-0.25, -0.2) is 4.79 Å². The Balaban J connectivity index is 2.88. The molecule has 5 atom stereocenters. The molecule has 0 fully saturated rings. The van der Waals surface area contributed by atoms with Gasteiger partial charge in [0.2, 0.25) is 17.7 Å². The van der Waals surface area contributed by atoms with Crippen LogP contribution in [0.4, 0.5) is 0 Å². The van der Waals surface area contributed by atoms with Crippen molar-refractivity contribution in [2.45, 2.75) is 50.5 Å². The minimum Gasteiger partial charge on any atom is -0.508 e. The maximum atomic E-state index is 12.6. The molecule has 0 aliphatic carbocycles. The summed E-state index contributed by atoms with van der Waals surface area (Å²) >= 11 is 3.99. The van der Waals surface area contributed by atoms with Crippen LogP contribution in [0.2, 0.25) is 0 Å². The summed E-state index contributed by atoms with van der Waals surface area (Å²) in [5.41, 5.74) is 5.99. The third-order valence-corrected chi connectivity index (χ3v) is 4.65. The standard InChI is InChI=1S/C19H28N4O7S/c1-9(20)16(26)22-14(8-31)17(27)23-15(10(2)24)18(28)21-13(19(29)30)7-11-3-5-12(25)6-4-11/h3-6,9-10,13-15,24-25,31H,7-8,20H2,1-2H3,(H,21,28)(H,22,26)(H,23,27)(H,29,30). The average molecular weight is 457 g/mol. The summed E-state index contributed by atoms with van der Waals surface area (Å²) in [6.07, 6.45) is -1.46. The second-order valence-corrected chi connectivity index (χ2v) is 7.39. The highest BCUT2D eigenvalue weighted by atomic mass is 32.1. The Morgan fingerprint density at radius 3 is 1.97 bits per heavy atom. The zero-order chi connectivity index (χ0) is 23.7. The summed E-state index contributed by atoms with van der Waals surface area (Å²) in [7, 11) is 0. The Labute approximate surface area is 184 Å². The number of carbonyl (C=O) groups excluding carboxylic acids is 3. The largest absolute Gasteiger partial charge is 0.508 e. The number of nitrogens with two attached hydrogens (primary N) is 1. The molecule has 0 saturated carbocycles. The van der Waals surface area contributed by atoms with Crippen LogP contribution in [0.1, 0.15) is 19.4 Å². The number of phenols is 1. The molecule has 172 valence electrons. The molecular weight excluding hydrogens is 428 g/mol. The summed E-state index contributed by atoms with van der Waals surface area (Å²) < 4.78 is 0. The van der Waals surface area contributed by atoms with Gasteiger partial charge in [0.25, 0.3) is 0 Å². The number of phenolic OH excluding ortho intramolecular Hbond substituents is 1. The molecule has 0 aromatic heterocycles. The van der Waals surface area contributed by atoms with E-state index in [0.717, 1.165) is 0 Å². The number of thiol groups is 1. The topological polar surface area (TPSA) is 191 Å². The van der Waals surface area contributed by atoms with Gasteiger partial charge >= 0.3 is 5.97 Å². The fourth-order valence-electron chi connectivity index (χ4n) is 2.49. The summed E-state index contributed by atoms with van der Waals surface area (Å²) in [5, 5.41) is 35.6. The Kier molecular flexibility index (Phi) is 10.3. The number of rotatable bonds is 11. The summed E-state index contributed by atoms with van der Waals surface area (Å²) in [6, 6.07) is 0.933. The van der Waals surface area contributed by atoms with Crippen molar-refractivity contribution in [1.82, 2.24) is 16.0 Å². The third kappa shape index (κ3) is 8.44. The van der Waals surface area contributed by atoms with E-state index in [4.69, 9.17) is 5.73 Å². The summed E-state index contributed by atoms with van der Waals surface area (Å²) in [6.45, 7) is 2.67. The Morgan fingerprint density at radius 2 is 1.52 bits per heavy atom. The lowest BCUT2D eigenvalue weighted by Crippen LogP contribution is -2.60. The van der Waals surface area contributed by atoms with E-state index in [9.17, 15) is 34.5 Å². The van der Waals surface area contributed by atoms with Gasteiger partial charge in [0.1, 0.15) is 23.9 Å². The van der Waals surface area contributed by atoms with Crippen molar-refractivity contribution in [1.29, 1.82) is 0 Å². The number of hydrogen-bond acceptors (Lipinski definition) is 8. The van der Waals surface area contributed by atoms with E-state index in [1.807, 2.05) is 0 Å². The van der Waals surface area contributed by atoms with E-state index in [1.54, 1.807) is 0 Å². The van der Waals surface area contributed by atoms with Crippen LogP contribution in [0.3, 0.4) is 0 Å². The first-order chi connectivity index (χ1) is 14.5. The molecule has 0 spiro atoms. The fourth-order valence-corrected chi connectivity index (χ4v) is 2.74. The first-order valence-electron chi connectivity index (χ1n) is 9.42. The monoisotopic (exact) mass is 456 g/mol. The van der Waals surface area contributed by atoms with Crippen LogP contribution < -0.4 is 21.7 Å². The molecule has 0 radical (unpaired) electrons. The lowest BCUT2D eigenvalue weighted by Gasteiger charge is -2.25. The van der Waals surface area contributed by atoms with Gasteiger partial charge in [0, 0.05) is 12.2 Å². The lowest BCUT2D eigenvalue weighted by atomic mass is 10.0. The number of hydrogen-bond donors (Lipinski definition) is 8. The van der Waals surface area contributed by atoms with Crippen LogP contribution in [0.15, 0.2) is 24.3 Å². The normalized spacial score (nSPS) is 15.6. The second-order valence-electron chi connectivity index (χ2n) is 7.03. The lowest BCUT2D eigenvalue weighted by molar-refractivity contribution is -0.143. The number of carboxylic acid groups (broad SMARTS) is 1. The highest BCUT2D eigenvalue weighted by Gasteiger charge is 2.32.